The number of hydrogen-bond acceptors (Lipinski definition) is 12. The van der Waals surface area contributed by atoms with Crippen molar-refractivity contribution >= 4 is 11.9 Å². The molecule has 0 aliphatic rings. The maximum Gasteiger partial charge on any atom is 0.0414 e. The summed E-state index contributed by atoms with van der Waals surface area (Å²) in [6.45, 7) is 9.72. The number of nitrogens with one attached hydrogen (secondary N) is 2. The van der Waals surface area contributed by atoms with E-state index >= 15 is 0 Å². The molecular weight excluding hydrogens is 830 g/mol. The van der Waals surface area contributed by atoms with Crippen LogP contribution in [-0.2, 0) is 51.7 Å². The number of carboxylic acids is 2. The van der Waals surface area contributed by atoms with Crippen molar-refractivity contribution in [2.75, 3.05) is 39.3 Å². The van der Waals surface area contributed by atoms with E-state index in [0.29, 0.717) is 12.8 Å². The molecule has 18 N–H and O–H groups in total. The fourth-order valence-corrected chi connectivity index (χ4v) is 2.33. The van der Waals surface area contributed by atoms with Crippen LogP contribution in [-0.4, -0.2) is 51.2 Å². The van der Waals surface area contributed by atoms with Crippen LogP contribution < -0.4 is 56.9 Å². The van der Waals surface area contributed by atoms with E-state index in [2.05, 4.69) is 10.6 Å². The van der Waals surface area contributed by atoms with Crippen molar-refractivity contribution in [2.24, 2.45) is 11.5 Å². The SMILES string of the molecule is CCCC(=O)[O-].CCCC(=O)[O-].N.N.N.N.NCCCCCCNCCNCCCCCCN.[Pt].[Pt]. The van der Waals surface area contributed by atoms with Crippen molar-refractivity contribution in [3.8, 4) is 0 Å². The van der Waals surface area contributed by atoms with E-state index in [4.69, 9.17) is 11.5 Å². The largest absolute Gasteiger partial charge is 0.550 e. The molecule has 0 aliphatic heterocycles. The van der Waals surface area contributed by atoms with E-state index in [0.717, 1.165) is 39.3 Å². The van der Waals surface area contributed by atoms with E-state index in [1.807, 2.05) is 0 Å². The average molecular weight is 891 g/mol. The second-order valence-corrected chi connectivity index (χ2v) is 7.15. The smallest absolute Gasteiger partial charge is 0.0414 e. The topological polar surface area (TPSA) is 296 Å². The van der Waals surface area contributed by atoms with Gasteiger partial charge in [-0.05, 0) is 64.7 Å². The van der Waals surface area contributed by atoms with Gasteiger partial charge in [-0.1, -0.05) is 52.4 Å². The Kier molecular flexibility index (Phi) is 101. The molecular formula is C22H60N8O4Pt2-2. The van der Waals surface area contributed by atoms with Crippen molar-refractivity contribution in [2.45, 2.75) is 90.9 Å². The third kappa shape index (κ3) is 84.0. The van der Waals surface area contributed by atoms with Crippen LogP contribution in [0, 0.1) is 0 Å². The van der Waals surface area contributed by atoms with Crippen molar-refractivity contribution in [3.05, 3.63) is 0 Å². The fraction of sp³-hybridized carbons (Fsp3) is 0.909. The molecule has 0 aliphatic carbocycles. The first-order chi connectivity index (χ1) is 14.5. The van der Waals surface area contributed by atoms with E-state index in [9.17, 15) is 19.8 Å². The molecule has 0 fully saturated rings. The van der Waals surface area contributed by atoms with Gasteiger partial charge in [0.15, 0.2) is 0 Å². The Balaban J connectivity index is -0.0000000493. The Morgan fingerprint density at radius 2 is 0.833 bits per heavy atom. The summed E-state index contributed by atoms with van der Waals surface area (Å²) in [5.74, 6) is -1.92. The standard InChI is InChI=1S/C14H34N4.2C4H8O2.4H3N.2Pt/c15-9-5-1-3-7-11-17-13-14-18-12-8-4-2-6-10-16;2*1-2-3-4(5)6;;;;;;/h17-18H,1-16H2;2*2-3H2,1H3,(H,5,6);4*1H3;;/p-2. The molecule has 0 rings (SSSR count). The van der Waals surface area contributed by atoms with Crippen LogP contribution in [0.25, 0.3) is 0 Å². The van der Waals surface area contributed by atoms with Gasteiger partial charge in [-0.3, -0.25) is 0 Å². The summed E-state index contributed by atoms with van der Waals surface area (Å²) in [6.07, 6.45) is 11.8. The minimum atomic E-state index is -0.961. The number of aliphatic carboxylic acids is 2. The third-order valence-electron chi connectivity index (χ3n) is 4.00. The number of carbonyl (C=O) groups is 2. The van der Waals surface area contributed by atoms with Gasteiger partial charge >= 0.3 is 0 Å². The molecule has 14 heteroatoms. The summed E-state index contributed by atoms with van der Waals surface area (Å²) in [4.78, 5) is 19.0. The molecule has 0 bridgehead atoms. The third-order valence-corrected chi connectivity index (χ3v) is 4.00. The molecule has 0 atom stereocenters. The summed E-state index contributed by atoms with van der Waals surface area (Å²) < 4.78 is 0. The number of hydrogen-bond donors (Lipinski definition) is 8. The van der Waals surface area contributed by atoms with Crippen LogP contribution in [0.2, 0.25) is 0 Å². The zero-order valence-corrected chi connectivity index (χ0v) is 27.5. The summed E-state index contributed by atoms with van der Waals surface area (Å²) in [5, 5.41) is 25.9. The molecule has 0 heterocycles. The Morgan fingerprint density at radius 1 is 0.556 bits per heavy atom. The van der Waals surface area contributed by atoms with Crippen LogP contribution in [0.4, 0.5) is 0 Å². The first-order valence-electron chi connectivity index (χ1n) is 11.7. The molecule has 0 aromatic rings. The minimum Gasteiger partial charge on any atom is -0.550 e. The molecule has 0 spiro atoms. The first-order valence-corrected chi connectivity index (χ1v) is 11.7. The average Bonchev–Trinajstić information content (AvgIpc) is 2.69. The van der Waals surface area contributed by atoms with E-state index in [-0.39, 0.29) is 79.6 Å². The predicted molar refractivity (Wildman–Crippen MR) is 141 cm³/mol. The molecule has 0 saturated heterocycles. The van der Waals surface area contributed by atoms with Crippen LogP contribution in [0.5, 0.6) is 0 Å². The van der Waals surface area contributed by atoms with Gasteiger partial charge in [-0.15, -0.1) is 0 Å². The molecule has 0 radical (unpaired) electrons. The van der Waals surface area contributed by atoms with Crippen molar-refractivity contribution in [1.29, 1.82) is 0 Å². The van der Waals surface area contributed by atoms with Crippen LogP contribution in [0.1, 0.15) is 90.9 Å². The van der Waals surface area contributed by atoms with E-state index in [1.54, 1.807) is 13.8 Å². The number of carboxylic acid groups (broad SMARTS) is 2. The summed E-state index contributed by atoms with van der Waals surface area (Å²) in [6, 6.07) is 0. The summed E-state index contributed by atoms with van der Waals surface area (Å²) in [7, 11) is 0. The molecule has 0 amide bonds. The number of nitrogens with two attached hydrogens (primary N) is 2. The minimum absolute atomic E-state index is 0. The Morgan fingerprint density at radius 3 is 1.03 bits per heavy atom. The maximum atomic E-state index is 9.49. The van der Waals surface area contributed by atoms with Crippen LogP contribution in [0.3, 0.4) is 0 Å². The zero-order valence-electron chi connectivity index (χ0n) is 23.0. The number of rotatable bonds is 19. The monoisotopic (exact) mass is 890 g/mol. The van der Waals surface area contributed by atoms with Crippen LogP contribution >= 0.6 is 0 Å². The molecule has 234 valence electrons. The Bertz CT molecular complexity index is 334. The number of carbonyl (C=O) groups excluding carboxylic acids is 2. The zero-order chi connectivity index (χ0) is 23.3. The normalized spacial score (nSPS) is 8.22. The van der Waals surface area contributed by atoms with Crippen LogP contribution in [0.15, 0.2) is 0 Å². The molecule has 0 aromatic heterocycles. The number of unbranched alkanes of at least 4 members (excludes halogenated alkanes) is 6. The summed E-state index contributed by atoms with van der Waals surface area (Å²) in [5.41, 5.74) is 10.9. The van der Waals surface area contributed by atoms with Gasteiger partial charge in [0.05, 0.1) is 0 Å². The van der Waals surface area contributed by atoms with Crippen molar-refractivity contribution < 1.29 is 61.9 Å². The Labute approximate surface area is 249 Å². The van der Waals surface area contributed by atoms with Gasteiger partial charge in [0, 0.05) is 67.2 Å². The maximum absolute atomic E-state index is 9.49. The summed E-state index contributed by atoms with van der Waals surface area (Å²) >= 11 is 0. The van der Waals surface area contributed by atoms with E-state index in [1.165, 1.54) is 51.4 Å². The second-order valence-electron chi connectivity index (χ2n) is 7.15. The van der Waals surface area contributed by atoms with E-state index < -0.39 is 11.9 Å². The molecule has 12 nitrogen and oxygen atoms in total. The molecule has 36 heavy (non-hydrogen) atoms. The van der Waals surface area contributed by atoms with Gasteiger partial charge in [-0.2, -0.15) is 0 Å². The van der Waals surface area contributed by atoms with Crippen molar-refractivity contribution in [1.82, 2.24) is 35.2 Å². The van der Waals surface area contributed by atoms with Gasteiger partial charge in [0.2, 0.25) is 0 Å². The second kappa shape index (κ2) is 59.8. The first kappa shape index (κ1) is 60.5. The van der Waals surface area contributed by atoms with Gasteiger partial charge in [0.1, 0.15) is 0 Å². The van der Waals surface area contributed by atoms with Crippen molar-refractivity contribution in [3.63, 3.8) is 0 Å². The molecule has 0 aromatic carbocycles. The van der Waals surface area contributed by atoms with Gasteiger partial charge in [0.25, 0.3) is 0 Å². The molecule has 0 saturated carbocycles. The fourth-order valence-electron chi connectivity index (χ4n) is 2.33. The quantitative estimate of drug-likeness (QED) is 0.0841. The predicted octanol–water partition coefficient (Wildman–Crippen LogP) is 0.920. The Hall–Kier alpha value is -0.00338. The van der Waals surface area contributed by atoms with Gasteiger partial charge < -0.3 is 66.5 Å². The van der Waals surface area contributed by atoms with Gasteiger partial charge in [-0.25, -0.2) is 0 Å². The molecule has 0 unspecified atom stereocenters.